The van der Waals surface area contributed by atoms with Crippen LogP contribution in [0.25, 0.3) is 0 Å². The third-order valence-electron chi connectivity index (χ3n) is 6.59. The molecule has 1 aromatic heterocycles. The van der Waals surface area contributed by atoms with Gasteiger partial charge in [-0.15, -0.1) is 0 Å². The first-order valence-corrected chi connectivity index (χ1v) is 14.5. The third kappa shape index (κ3) is 12.7. The van der Waals surface area contributed by atoms with Crippen LogP contribution < -0.4 is 10.6 Å². The van der Waals surface area contributed by atoms with Crippen molar-refractivity contribution < 1.29 is 14.3 Å². The molecule has 0 aliphatic carbocycles. The number of esters is 1. The minimum atomic E-state index is -0.359. The maximum Gasteiger partial charge on any atom is 0.338 e. The Bertz CT molecular complexity index is 1180. The van der Waals surface area contributed by atoms with Gasteiger partial charge in [0.2, 0.25) is 0 Å². The molecule has 42 heavy (non-hydrogen) atoms. The smallest absolute Gasteiger partial charge is 0.338 e. The number of hydrogen-bond donors (Lipinski definition) is 2. The van der Waals surface area contributed by atoms with Gasteiger partial charge in [0.15, 0.2) is 0 Å². The molecule has 3 aromatic rings. The molecule has 2 aromatic carbocycles. The first kappa shape index (κ1) is 36.1. The van der Waals surface area contributed by atoms with Crippen molar-refractivity contribution in [1.29, 1.82) is 0 Å². The number of benzene rings is 2. The largest absolute Gasteiger partial charge is 0.462 e. The normalized spacial score (nSPS) is 12.4. The summed E-state index contributed by atoms with van der Waals surface area (Å²) in [6, 6.07) is 19.0. The summed E-state index contributed by atoms with van der Waals surface area (Å²) in [5.41, 5.74) is 5.88. The summed E-state index contributed by atoms with van der Waals surface area (Å²) in [5, 5.41) is 6.09. The number of piperazine rings is 1. The maximum atomic E-state index is 12.6. The van der Waals surface area contributed by atoms with Crippen molar-refractivity contribution in [2.75, 3.05) is 50.5 Å². The Labute approximate surface area is 253 Å². The highest BCUT2D eigenvalue weighted by molar-refractivity contribution is 5.92. The van der Waals surface area contributed by atoms with Crippen LogP contribution >= 0.6 is 0 Å². The zero-order chi connectivity index (χ0) is 30.0. The Kier molecular flexibility index (Phi) is 17.2. The number of pyridine rings is 1. The lowest BCUT2D eigenvalue weighted by Gasteiger charge is -2.34. The zero-order valence-electron chi connectivity index (χ0n) is 25.6. The minimum absolute atomic E-state index is 0. The monoisotopic (exact) mass is 577 g/mol. The summed E-state index contributed by atoms with van der Waals surface area (Å²) in [6.45, 7) is 14.5. The second-order valence-electron chi connectivity index (χ2n) is 9.86. The van der Waals surface area contributed by atoms with Crippen LogP contribution in [-0.2, 0) is 11.3 Å². The van der Waals surface area contributed by atoms with E-state index >= 15 is 0 Å². The van der Waals surface area contributed by atoms with Gasteiger partial charge in [-0.2, -0.15) is 0 Å². The number of amides is 2. The first-order valence-electron chi connectivity index (χ1n) is 14.5. The highest BCUT2D eigenvalue weighted by atomic mass is 16.5. The van der Waals surface area contributed by atoms with E-state index in [1.165, 1.54) is 24.0 Å². The van der Waals surface area contributed by atoms with Crippen molar-refractivity contribution in [3.63, 3.8) is 0 Å². The lowest BCUT2D eigenvalue weighted by molar-refractivity contribution is 0.0526. The molecule has 1 fully saturated rings. The second kappa shape index (κ2) is 20.0. The Morgan fingerprint density at radius 1 is 0.905 bits per heavy atom. The lowest BCUT2D eigenvalue weighted by atomic mass is 10.1. The summed E-state index contributed by atoms with van der Waals surface area (Å²) in [4.78, 5) is 32.4. The zero-order valence-corrected chi connectivity index (χ0v) is 25.6. The average molecular weight is 578 g/mol. The van der Waals surface area contributed by atoms with E-state index in [4.69, 9.17) is 4.74 Å². The second-order valence-corrected chi connectivity index (χ2v) is 9.86. The fraction of sp³-hybridized carbons (Fsp3) is 0.441. The molecule has 0 radical (unpaired) electrons. The van der Waals surface area contributed by atoms with E-state index in [0.29, 0.717) is 30.9 Å². The number of nitrogens with one attached hydrogen (secondary N) is 2. The minimum Gasteiger partial charge on any atom is -0.462 e. The number of hydrogen-bond acceptors (Lipinski definition) is 6. The number of aromatic nitrogens is 1. The Balaban J connectivity index is 0.000000619. The predicted octanol–water partition coefficient (Wildman–Crippen LogP) is 7.40. The van der Waals surface area contributed by atoms with Crippen LogP contribution in [0.3, 0.4) is 0 Å². The molecule has 0 unspecified atom stereocenters. The van der Waals surface area contributed by atoms with E-state index in [-0.39, 0.29) is 19.4 Å². The van der Waals surface area contributed by atoms with Gasteiger partial charge in [-0.1, -0.05) is 52.3 Å². The number of ether oxygens (including phenoxy) is 1. The molecule has 8 nitrogen and oxygen atoms in total. The van der Waals surface area contributed by atoms with E-state index in [1.54, 1.807) is 37.4 Å². The highest BCUT2D eigenvalue weighted by Crippen LogP contribution is 2.18. The molecule has 0 saturated carbocycles. The van der Waals surface area contributed by atoms with Crippen molar-refractivity contribution in [1.82, 2.24) is 14.8 Å². The van der Waals surface area contributed by atoms with Gasteiger partial charge in [0.05, 0.1) is 12.2 Å². The molecule has 2 heterocycles. The maximum absolute atomic E-state index is 12.6. The average Bonchev–Trinajstić information content (AvgIpc) is 2.99. The third-order valence-corrected chi connectivity index (χ3v) is 6.59. The van der Waals surface area contributed by atoms with Gasteiger partial charge in [-0.3, -0.25) is 9.88 Å². The number of urea groups is 1. The molecular formula is C34H51N5O3. The molecule has 230 valence electrons. The number of nitrogens with zero attached hydrogens (tertiary/aromatic N) is 3. The molecule has 8 heteroatoms. The molecule has 1 saturated heterocycles. The van der Waals surface area contributed by atoms with Crippen LogP contribution in [0.2, 0.25) is 0 Å². The summed E-state index contributed by atoms with van der Waals surface area (Å²) >= 11 is 0. The van der Waals surface area contributed by atoms with E-state index in [0.717, 1.165) is 31.0 Å². The van der Waals surface area contributed by atoms with Crippen LogP contribution in [0.1, 0.15) is 68.2 Å². The quantitative estimate of drug-likeness (QED) is 0.285. The highest BCUT2D eigenvalue weighted by Gasteiger charge is 2.21. The summed E-state index contributed by atoms with van der Waals surface area (Å²) in [6.07, 6.45) is 4.43. The number of anilines is 2. The van der Waals surface area contributed by atoms with E-state index in [9.17, 15) is 9.59 Å². The summed E-state index contributed by atoms with van der Waals surface area (Å²) in [5.74, 6) is -0.359. The van der Waals surface area contributed by atoms with E-state index in [1.807, 2.05) is 37.1 Å². The van der Waals surface area contributed by atoms with Crippen molar-refractivity contribution in [2.45, 2.75) is 61.4 Å². The molecule has 2 N–H and O–H groups in total. The van der Waals surface area contributed by atoms with Gasteiger partial charge in [0, 0.05) is 63.0 Å². The Morgan fingerprint density at radius 3 is 2.05 bits per heavy atom. The van der Waals surface area contributed by atoms with Crippen molar-refractivity contribution in [3.8, 4) is 0 Å². The number of aryl methyl sites for hydroxylation is 2. The van der Waals surface area contributed by atoms with Crippen LogP contribution in [0.15, 0.2) is 66.9 Å². The Morgan fingerprint density at radius 2 is 1.57 bits per heavy atom. The summed E-state index contributed by atoms with van der Waals surface area (Å²) < 4.78 is 4.97. The van der Waals surface area contributed by atoms with Gasteiger partial charge in [0.25, 0.3) is 0 Å². The summed E-state index contributed by atoms with van der Waals surface area (Å²) in [7, 11) is 1.93. The predicted molar refractivity (Wildman–Crippen MR) is 175 cm³/mol. The number of unbranched alkanes of at least 4 members (excludes halogenated alkanes) is 1. The molecule has 1 aliphatic heterocycles. The van der Waals surface area contributed by atoms with Crippen LogP contribution in [0.5, 0.6) is 0 Å². The number of carbonyl (C=O) groups excluding carboxylic acids is 2. The standard InChI is InChI=1S/C23H30N4O3.C6H7N.C4H10.CH4/c1-4-30-22(28)19-6-8-20(9-7-19)25-23(29)27-13-11-26(12-14-27)16-18-5-10-21(24-3)17(2)15-18;1-6-4-2-3-5-7-6;1-3-4-2;/h5-10,15,24H,4,11-14,16H2,1-3H3,(H,25,29);2-5H,1H3;3-4H2,1-2H3;1H4. The van der Waals surface area contributed by atoms with Crippen LogP contribution in [0, 0.1) is 13.8 Å². The fourth-order valence-corrected chi connectivity index (χ4v) is 4.03. The fourth-order valence-electron chi connectivity index (χ4n) is 4.03. The number of rotatable bonds is 7. The molecule has 4 rings (SSSR count). The lowest BCUT2D eigenvalue weighted by Crippen LogP contribution is -2.49. The molecule has 0 atom stereocenters. The molecule has 0 spiro atoms. The van der Waals surface area contributed by atoms with Crippen molar-refractivity contribution in [2.24, 2.45) is 0 Å². The SMILES string of the molecule is C.CCCC.CCOC(=O)c1ccc(NC(=O)N2CCN(Cc3ccc(NC)c(C)c3)CC2)cc1.Cc1ccccn1. The van der Waals surface area contributed by atoms with Crippen molar-refractivity contribution >= 4 is 23.4 Å². The van der Waals surface area contributed by atoms with Gasteiger partial charge >= 0.3 is 12.0 Å². The van der Waals surface area contributed by atoms with E-state index < -0.39 is 0 Å². The molecule has 2 amide bonds. The van der Waals surface area contributed by atoms with Gasteiger partial charge < -0.3 is 20.3 Å². The molecular weight excluding hydrogens is 526 g/mol. The molecule has 0 bridgehead atoms. The van der Waals surface area contributed by atoms with Crippen molar-refractivity contribution in [3.05, 3.63) is 89.2 Å². The van der Waals surface area contributed by atoms with Crippen LogP contribution in [-0.4, -0.2) is 66.6 Å². The molecule has 1 aliphatic rings. The van der Waals surface area contributed by atoms with Gasteiger partial charge in [-0.25, -0.2) is 9.59 Å². The Hall–Kier alpha value is -3.91. The van der Waals surface area contributed by atoms with Gasteiger partial charge in [-0.05, 0) is 74.4 Å². The van der Waals surface area contributed by atoms with Gasteiger partial charge in [0.1, 0.15) is 0 Å². The topological polar surface area (TPSA) is 86.8 Å². The first-order chi connectivity index (χ1) is 19.8. The van der Waals surface area contributed by atoms with Crippen LogP contribution in [0.4, 0.5) is 16.2 Å². The van der Waals surface area contributed by atoms with E-state index in [2.05, 4.69) is 59.5 Å². The number of carbonyl (C=O) groups is 2.